The highest BCUT2D eigenvalue weighted by Crippen LogP contribution is 2.36. The van der Waals surface area contributed by atoms with Crippen molar-refractivity contribution < 1.29 is 9.53 Å². The summed E-state index contributed by atoms with van der Waals surface area (Å²) >= 11 is 0. The zero-order valence-electron chi connectivity index (χ0n) is 10.8. The van der Waals surface area contributed by atoms with E-state index in [2.05, 4.69) is 11.4 Å². The standard InChI is InChI=1S/C13H16N4O2/c1-2-17(5-3-4-14)11-7-10-12(6-9(11)15)19-8-13(18)16-10/h6-7H,2-3,5,8,15H2,1H3,(H,16,18). The van der Waals surface area contributed by atoms with Gasteiger partial charge in [-0.05, 0) is 13.0 Å². The van der Waals surface area contributed by atoms with Gasteiger partial charge in [0.2, 0.25) is 0 Å². The number of nitrogen functional groups attached to an aromatic ring is 1. The van der Waals surface area contributed by atoms with Gasteiger partial charge in [-0.25, -0.2) is 0 Å². The Hall–Kier alpha value is -2.42. The number of nitriles is 1. The average Bonchev–Trinajstić information content (AvgIpc) is 2.40. The number of nitrogens with two attached hydrogens (primary N) is 1. The molecule has 1 aromatic carbocycles. The van der Waals surface area contributed by atoms with Crippen LogP contribution in [0.3, 0.4) is 0 Å². The molecule has 1 heterocycles. The maximum absolute atomic E-state index is 11.3. The number of anilines is 3. The highest BCUT2D eigenvalue weighted by Gasteiger charge is 2.19. The highest BCUT2D eigenvalue weighted by molar-refractivity contribution is 5.97. The third-order valence-electron chi connectivity index (χ3n) is 2.98. The van der Waals surface area contributed by atoms with Crippen LogP contribution in [0, 0.1) is 11.3 Å². The maximum Gasteiger partial charge on any atom is 0.262 e. The van der Waals surface area contributed by atoms with E-state index in [1.165, 1.54) is 0 Å². The van der Waals surface area contributed by atoms with Gasteiger partial charge in [0.05, 0.1) is 29.6 Å². The van der Waals surface area contributed by atoms with Crippen LogP contribution in [0.1, 0.15) is 13.3 Å². The third kappa shape index (κ3) is 2.71. The number of rotatable bonds is 4. The van der Waals surface area contributed by atoms with Crippen molar-refractivity contribution in [2.75, 3.05) is 35.6 Å². The lowest BCUT2D eigenvalue weighted by atomic mass is 10.1. The van der Waals surface area contributed by atoms with Crippen molar-refractivity contribution >= 4 is 23.0 Å². The zero-order valence-corrected chi connectivity index (χ0v) is 10.8. The summed E-state index contributed by atoms with van der Waals surface area (Å²) in [6.45, 7) is 3.34. The van der Waals surface area contributed by atoms with Gasteiger partial charge in [0.25, 0.3) is 5.91 Å². The number of nitrogens with one attached hydrogen (secondary N) is 1. The maximum atomic E-state index is 11.3. The number of benzene rings is 1. The minimum Gasteiger partial charge on any atom is -0.482 e. The van der Waals surface area contributed by atoms with E-state index in [0.717, 1.165) is 12.2 Å². The second-order valence-corrected chi connectivity index (χ2v) is 4.23. The van der Waals surface area contributed by atoms with Gasteiger partial charge in [-0.2, -0.15) is 5.26 Å². The van der Waals surface area contributed by atoms with Crippen molar-refractivity contribution in [1.29, 1.82) is 5.26 Å². The Kier molecular flexibility index (Phi) is 3.76. The first-order valence-electron chi connectivity index (χ1n) is 6.13. The summed E-state index contributed by atoms with van der Waals surface area (Å²) in [5.41, 5.74) is 8.02. The summed E-state index contributed by atoms with van der Waals surface area (Å²) in [7, 11) is 0. The lowest BCUT2D eigenvalue weighted by Crippen LogP contribution is -2.28. The monoisotopic (exact) mass is 260 g/mol. The Morgan fingerprint density at radius 2 is 2.37 bits per heavy atom. The number of amides is 1. The van der Waals surface area contributed by atoms with Crippen LogP contribution in [0.15, 0.2) is 12.1 Å². The van der Waals surface area contributed by atoms with Gasteiger partial charge < -0.3 is 20.7 Å². The van der Waals surface area contributed by atoms with E-state index in [1.54, 1.807) is 12.1 Å². The largest absolute Gasteiger partial charge is 0.482 e. The van der Waals surface area contributed by atoms with E-state index < -0.39 is 0 Å². The molecule has 0 spiro atoms. The molecule has 3 N–H and O–H groups in total. The smallest absolute Gasteiger partial charge is 0.262 e. The lowest BCUT2D eigenvalue weighted by molar-refractivity contribution is -0.118. The predicted octanol–water partition coefficient (Wildman–Crippen LogP) is 1.34. The van der Waals surface area contributed by atoms with Crippen LogP contribution in [-0.2, 0) is 4.79 Å². The molecule has 0 aromatic heterocycles. The normalized spacial score (nSPS) is 12.9. The van der Waals surface area contributed by atoms with Crippen LogP contribution in [0.2, 0.25) is 0 Å². The Bertz CT molecular complexity index is 536. The van der Waals surface area contributed by atoms with Crippen LogP contribution in [0.5, 0.6) is 5.75 Å². The number of ether oxygens (including phenoxy) is 1. The minimum atomic E-state index is -0.178. The van der Waals surface area contributed by atoms with Crippen LogP contribution in [0.25, 0.3) is 0 Å². The number of hydrogen-bond donors (Lipinski definition) is 2. The summed E-state index contributed by atoms with van der Waals surface area (Å²) in [5, 5.41) is 11.4. The Balaban J connectivity index is 2.32. The predicted molar refractivity (Wildman–Crippen MR) is 73.1 cm³/mol. The van der Waals surface area contributed by atoms with Crippen LogP contribution in [-0.4, -0.2) is 25.6 Å². The van der Waals surface area contributed by atoms with Crippen LogP contribution >= 0.6 is 0 Å². The van der Waals surface area contributed by atoms with E-state index in [4.69, 9.17) is 15.7 Å². The highest BCUT2D eigenvalue weighted by atomic mass is 16.5. The molecule has 0 unspecified atom stereocenters. The molecule has 1 aromatic rings. The quantitative estimate of drug-likeness (QED) is 0.797. The molecule has 19 heavy (non-hydrogen) atoms. The molecular weight excluding hydrogens is 244 g/mol. The fourth-order valence-electron chi connectivity index (χ4n) is 2.04. The van der Waals surface area contributed by atoms with Crippen molar-refractivity contribution in [2.24, 2.45) is 0 Å². The molecule has 1 amide bonds. The molecule has 0 bridgehead atoms. The van der Waals surface area contributed by atoms with E-state index in [-0.39, 0.29) is 12.5 Å². The Labute approximate surface area is 111 Å². The number of carbonyl (C=O) groups excluding carboxylic acids is 1. The number of nitrogens with zero attached hydrogens (tertiary/aromatic N) is 2. The molecule has 1 aliphatic rings. The number of hydrogen-bond acceptors (Lipinski definition) is 5. The fraction of sp³-hybridized carbons (Fsp3) is 0.385. The number of fused-ring (bicyclic) bond motifs is 1. The topological polar surface area (TPSA) is 91.4 Å². The molecule has 1 aliphatic heterocycles. The van der Waals surface area contributed by atoms with Gasteiger partial charge in [0.1, 0.15) is 5.75 Å². The second kappa shape index (κ2) is 5.48. The molecule has 0 radical (unpaired) electrons. The summed E-state index contributed by atoms with van der Waals surface area (Å²) in [6, 6.07) is 5.62. The van der Waals surface area contributed by atoms with Gasteiger partial charge in [-0.15, -0.1) is 0 Å². The minimum absolute atomic E-state index is 0.0116. The lowest BCUT2D eigenvalue weighted by Gasteiger charge is -2.26. The molecule has 6 nitrogen and oxygen atoms in total. The second-order valence-electron chi connectivity index (χ2n) is 4.23. The van der Waals surface area contributed by atoms with Crippen molar-refractivity contribution in [3.05, 3.63) is 12.1 Å². The molecule has 6 heteroatoms. The van der Waals surface area contributed by atoms with E-state index in [0.29, 0.717) is 30.1 Å². The summed E-state index contributed by atoms with van der Waals surface area (Å²) in [4.78, 5) is 13.3. The zero-order chi connectivity index (χ0) is 13.8. The Morgan fingerprint density at radius 1 is 1.58 bits per heavy atom. The molecule has 0 aliphatic carbocycles. The van der Waals surface area contributed by atoms with Crippen molar-refractivity contribution in [3.63, 3.8) is 0 Å². The van der Waals surface area contributed by atoms with Gasteiger partial charge in [-0.1, -0.05) is 0 Å². The van der Waals surface area contributed by atoms with Crippen molar-refractivity contribution in [1.82, 2.24) is 0 Å². The van der Waals surface area contributed by atoms with Gasteiger partial charge in [-0.3, -0.25) is 4.79 Å². The van der Waals surface area contributed by atoms with E-state index >= 15 is 0 Å². The SMILES string of the molecule is CCN(CCC#N)c1cc2c(cc1N)OCC(=O)N2. The number of carbonyl (C=O) groups is 1. The Morgan fingerprint density at radius 3 is 3.05 bits per heavy atom. The van der Waals surface area contributed by atoms with Crippen molar-refractivity contribution in [3.8, 4) is 11.8 Å². The molecule has 0 saturated carbocycles. The average molecular weight is 260 g/mol. The summed E-state index contributed by atoms with van der Waals surface area (Å²) < 4.78 is 5.30. The first-order chi connectivity index (χ1) is 9.15. The first kappa shape index (κ1) is 13.0. The van der Waals surface area contributed by atoms with Gasteiger partial charge >= 0.3 is 0 Å². The molecule has 0 fully saturated rings. The third-order valence-corrected chi connectivity index (χ3v) is 2.98. The van der Waals surface area contributed by atoms with Crippen molar-refractivity contribution in [2.45, 2.75) is 13.3 Å². The fourth-order valence-corrected chi connectivity index (χ4v) is 2.04. The van der Waals surface area contributed by atoms with E-state index in [1.807, 2.05) is 11.8 Å². The van der Waals surface area contributed by atoms with Crippen LogP contribution in [0.4, 0.5) is 17.1 Å². The van der Waals surface area contributed by atoms with E-state index in [9.17, 15) is 4.79 Å². The molecule has 100 valence electrons. The van der Waals surface area contributed by atoms with Gasteiger partial charge in [0.15, 0.2) is 6.61 Å². The molecule has 2 rings (SSSR count). The van der Waals surface area contributed by atoms with Gasteiger partial charge in [0, 0.05) is 19.2 Å². The summed E-state index contributed by atoms with van der Waals surface area (Å²) in [6.07, 6.45) is 0.424. The summed E-state index contributed by atoms with van der Waals surface area (Å²) in [5.74, 6) is 0.403. The van der Waals surface area contributed by atoms with Crippen LogP contribution < -0.4 is 20.7 Å². The first-order valence-corrected chi connectivity index (χ1v) is 6.13. The molecule has 0 atom stereocenters. The molecular formula is C13H16N4O2. The molecule has 0 saturated heterocycles.